The van der Waals surface area contributed by atoms with Crippen LogP contribution >= 0.6 is 0 Å². The number of hydrogen-bond acceptors (Lipinski definition) is 6. The average molecular weight is 446 g/mol. The Kier molecular flexibility index (Phi) is 5.95. The van der Waals surface area contributed by atoms with Crippen molar-refractivity contribution < 1.29 is 13.6 Å². The Morgan fingerprint density at radius 1 is 0.970 bits per heavy atom. The minimum atomic E-state index is -0.296. The van der Waals surface area contributed by atoms with Gasteiger partial charge in [-0.3, -0.25) is 9.69 Å². The highest BCUT2D eigenvalue weighted by Gasteiger charge is 2.32. The Bertz CT molecular complexity index is 1190. The number of hydrogen-bond donors (Lipinski definition) is 0. The first kappa shape index (κ1) is 21.0. The monoisotopic (exact) mass is 446 g/mol. The van der Waals surface area contributed by atoms with Gasteiger partial charge in [0, 0.05) is 26.2 Å². The van der Waals surface area contributed by atoms with E-state index in [1.165, 1.54) is 18.4 Å². The van der Waals surface area contributed by atoms with E-state index in [2.05, 4.69) is 20.4 Å². The van der Waals surface area contributed by atoms with Gasteiger partial charge in [-0.1, -0.05) is 42.5 Å². The van der Waals surface area contributed by atoms with Gasteiger partial charge < -0.3 is 9.32 Å². The predicted octanol–water partition coefficient (Wildman–Crippen LogP) is 3.00. The topological polar surface area (TPSA) is 80.3 Å². The summed E-state index contributed by atoms with van der Waals surface area (Å²) in [5, 5.41) is 12.5. The third kappa shape index (κ3) is 4.54. The van der Waals surface area contributed by atoms with Crippen LogP contribution in [-0.2, 0) is 6.54 Å². The second-order valence-electron chi connectivity index (χ2n) is 7.94. The zero-order chi connectivity index (χ0) is 22.6. The number of benzene rings is 2. The number of rotatable bonds is 6. The van der Waals surface area contributed by atoms with E-state index in [0.717, 1.165) is 11.1 Å². The lowest BCUT2D eigenvalue weighted by Gasteiger charge is -2.38. The molecule has 1 fully saturated rings. The normalized spacial score (nSPS) is 15.5. The zero-order valence-electron chi connectivity index (χ0n) is 17.9. The van der Waals surface area contributed by atoms with Crippen LogP contribution in [0, 0.1) is 5.82 Å². The van der Waals surface area contributed by atoms with Crippen LogP contribution in [0.5, 0.6) is 0 Å². The summed E-state index contributed by atoms with van der Waals surface area (Å²) in [6.45, 7) is 2.84. The third-order valence-electron chi connectivity index (χ3n) is 5.86. The van der Waals surface area contributed by atoms with Gasteiger partial charge in [-0.05, 0) is 45.8 Å². The van der Waals surface area contributed by atoms with Gasteiger partial charge in [0.15, 0.2) is 11.6 Å². The van der Waals surface area contributed by atoms with Crippen molar-refractivity contribution in [3.63, 3.8) is 0 Å². The number of carbonyl (C=O) groups excluding carboxylic acids is 1. The van der Waals surface area contributed by atoms with Gasteiger partial charge in [-0.15, -0.1) is 5.10 Å². The minimum absolute atomic E-state index is 0.119. The molecule has 1 atom stereocenters. The molecule has 1 amide bonds. The van der Waals surface area contributed by atoms with E-state index >= 15 is 0 Å². The van der Waals surface area contributed by atoms with Gasteiger partial charge in [0.25, 0.3) is 5.91 Å². The second-order valence-corrected chi connectivity index (χ2v) is 7.94. The highest BCUT2D eigenvalue weighted by Crippen LogP contribution is 2.29. The van der Waals surface area contributed by atoms with Crippen molar-refractivity contribution in [3.05, 3.63) is 102 Å². The first-order valence-corrected chi connectivity index (χ1v) is 10.8. The number of furan rings is 1. The van der Waals surface area contributed by atoms with E-state index in [1.807, 2.05) is 30.3 Å². The Balaban J connectivity index is 1.41. The fourth-order valence-corrected chi connectivity index (χ4v) is 4.18. The SMILES string of the molecule is O=C(c1ccco1)N1CCN(C(c2ccc(F)cc2)c2nnnn2Cc2ccccc2)CC1. The number of tetrazole rings is 1. The maximum absolute atomic E-state index is 13.7. The zero-order valence-corrected chi connectivity index (χ0v) is 17.9. The van der Waals surface area contributed by atoms with Gasteiger partial charge in [-0.2, -0.15) is 0 Å². The standard InChI is InChI=1S/C24H23FN6O2/c25-20-10-8-19(9-11-20)22(23-26-27-28-31(23)17-18-5-2-1-3-6-18)29-12-14-30(15-13-29)24(32)21-7-4-16-33-21/h1-11,16,22H,12-15,17H2. The quantitative estimate of drug-likeness (QED) is 0.453. The van der Waals surface area contributed by atoms with E-state index in [0.29, 0.717) is 44.3 Å². The summed E-state index contributed by atoms with van der Waals surface area (Å²) in [4.78, 5) is 16.7. The molecule has 5 rings (SSSR count). The van der Waals surface area contributed by atoms with E-state index in [4.69, 9.17) is 4.42 Å². The van der Waals surface area contributed by atoms with Crippen LogP contribution in [0.25, 0.3) is 0 Å². The lowest BCUT2D eigenvalue weighted by Crippen LogP contribution is -2.50. The molecule has 0 saturated carbocycles. The van der Waals surface area contributed by atoms with Crippen LogP contribution in [0.1, 0.15) is 33.5 Å². The molecule has 33 heavy (non-hydrogen) atoms. The van der Waals surface area contributed by atoms with Crippen molar-refractivity contribution in [2.75, 3.05) is 26.2 Å². The Morgan fingerprint density at radius 3 is 2.42 bits per heavy atom. The molecule has 1 aliphatic rings. The van der Waals surface area contributed by atoms with Crippen LogP contribution in [0.15, 0.2) is 77.4 Å². The number of piperazine rings is 1. The molecular weight excluding hydrogens is 423 g/mol. The van der Waals surface area contributed by atoms with Crippen LogP contribution in [-0.4, -0.2) is 62.1 Å². The summed E-state index contributed by atoms with van der Waals surface area (Å²) in [6.07, 6.45) is 1.50. The smallest absolute Gasteiger partial charge is 0.289 e. The molecule has 3 heterocycles. The Morgan fingerprint density at radius 2 is 1.73 bits per heavy atom. The molecule has 2 aromatic heterocycles. The molecule has 0 radical (unpaired) electrons. The largest absolute Gasteiger partial charge is 0.459 e. The van der Waals surface area contributed by atoms with Crippen molar-refractivity contribution in [2.45, 2.75) is 12.6 Å². The highest BCUT2D eigenvalue weighted by atomic mass is 19.1. The van der Waals surface area contributed by atoms with Crippen LogP contribution in [0.4, 0.5) is 4.39 Å². The molecule has 168 valence electrons. The van der Waals surface area contributed by atoms with Crippen LogP contribution < -0.4 is 0 Å². The molecule has 2 aromatic carbocycles. The van der Waals surface area contributed by atoms with Crippen molar-refractivity contribution >= 4 is 5.91 Å². The van der Waals surface area contributed by atoms with Crippen molar-refractivity contribution in [2.24, 2.45) is 0 Å². The first-order chi connectivity index (χ1) is 16.2. The summed E-state index contributed by atoms with van der Waals surface area (Å²) in [5.74, 6) is 0.601. The summed E-state index contributed by atoms with van der Waals surface area (Å²) < 4.78 is 20.7. The van der Waals surface area contributed by atoms with Crippen molar-refractivity contribution in [3.8, 4) is 0 Å². The molecule has 1 aliphatic heterocycles. The number of halogens is 1. The summed E-state index contributed by atoms with van der Waals surface area (Å²) in [7, 11) is 0. The minimum Gasteiger partial charge on any atom is -0.459 e. The maximum atomic E-state index is 13.7. The molecule has 1 unspecified atom stereocenters. The van der Waals surface area contributed by atoms with Crippen LogP contribution in [0.3, 0.4) is 0 Å². The molecule has 0 spiro atoms. The summed E-state index contributed by atoms with van der Waals surface area (Å²) in [5.41, 5.74) is 1.98. The number of carbonyl (C=O) groups is 1. The lowest BCUT2D eigenvalue weighted by atomic mass is 10.0. The molecular formula is C24H23FN6O2. The van der Waals surface area contributed by atoms with E-state index in [-0.39, 0.29) is 17.8 Å². The molecule has 9 heteroatoms. The van der Waals surface area contributed by atoms with Gasteiger partial charge in [0.1, 0.15) is 5.82 Å². The fourth-order valence-electron chi connectivity index (χ4n) is 4.18. The Labute approximate surface area is 190 Å². The number of amides is 1. The maximum Gasteiger partial charge on any atom is 0.289 e. The summed E-state index contributed by atoms with van der Waals surface area (Å²) in [6, 6.07) is 19.5. The predicted molar refractivity (Wildman–Crippen MR) is 118 cm³/mol. The molecule has 0 N–H and O–H groups in total. The molecule has 8 nitrogen and oxygen atoms in total. The fraction of sp³-hybridized carbons (Fsp3) is 0.250. The number of nitrogens with zero attached hydrogens (tertiary/aromatic N) is 6. The van der Waals surface area contributed by atoms with Gasteiger partial charge >= 0.3 is 0 Å². The average Bonchev–Trinajstić information content (AvgIpc) is 3.54. The van der Waals surface area contributed by atoms with Crippen molar-refractivity contribution in [1.29, 1.82) is 0 Å². The molecule has 0 aliphatic carbocycles. The number of aromatic nitrogens is 4. The second kappa shape index (κ2) is 9.33. The third-order valence-corrected chi connectivity index (χ3v) is 5.86. The van der Waals surface area contributed by atoms with Gasteiger partial charge in [-0.25, -0.2) is 9.07 Å². The van der Waals surface area contributed by atoms with E-state index in [1.54, 1.807) is 33.8 Å². The van der Waals surface area contributed by atoms with E-state index in [9.17, 15) is 9.18 Å². The molecule has 0 bridgehead atoms. The van der Waals surface area contributed by atoms with Crippen molar-refractivity contribution in [1.82, 2.24) is 30.0 Å². The first-order valence-electron chi connectivity index (χ1n) is 10.8. The van der Waals surface area contributed by atoms with Crippen LogP contribution in [0.2, 0.25) is 0 Å². The molecule has 4 aromatic rings. The van der Waals surface area contributed by atoms with Gasteiger partial charge in [0.05, 0.1) is 18.8 Å². The highest BCUT2D eigenvalue weighted by molar-refractivity contribution is 5.91. The molecule has 1 saturated heterocycles. The van der Waals surface area contributed by atoms with Gasteiger partial charge in [0.2, 0.25) is 0 Å². The van der Waals surface area contributed by atoms with E-state index < -0.39 is 0 Å². The lowest BCUT2D eigenvalue weighted by molar-refractivity contribution is 0.0559. The Hall–Kier alpha value is -3.85. The summed E-state index contributed by atoms with van der Waals surface area (Å²) >= 11 is 0.